The average Bonchev–Trinajstić information content (AvgIpc) is 2.63. The van der Waals surface area contributed by atoms with E-state index in [0.29, 0.717) is 21.4 Å². The van der Waals surface area contributed by atoms with Crippen molar-refractivity contribution in [2.75, 3.05) is 5.32 Å². The number of hydrogen-bond donors (Lipinski definition) is 1. The predicted octanol–water partition coefficient (Wildman–Crippen LogP) is 3.58. The molecular formula is C11H8Cl2IN3O. The molecule has 2 aromatic rings. The van der Waals surface area contributed by atoms with Gasteiger partial charge in [-0.1, -0.05) is 29.3 Å². The average molecular weight is 396 g/mol. The van der Waals surface area contributed by atoms with Crippen LogP contribution in [0.25, 0.3) is 0 Å². The molecule has 0 saturated heterocycles. The summed E-state index contributed by atoms with van der Waals surface area (Å²) in [6, 6.07) is 5.03. The Kier molecular flexibility index (Phi) is 4.14. The van der Waals surface area contributed by atoms with Gasteiger partial charge in [0.05, 0.1) is 19.3 Å². The van der Waals surface area contributed by atoms with Crippen molar-refractivity contribution in [3.8, 4) is 0 Å². The van der Waals surface area contributed by atoms with Crippen LogP contribution in [-0.2, 0) is 7.05 Å². The highest BCUT2D eigenvalue weighted by atomic mass is 127. The molecule has 0 aliphatic carbocycles. The van der Waals surface area contributed by atoms with Gasteiger partial charge in [0.25, 0.3) is 5.91 Å². The lowest BCUT2D eigenvalue weighted by atomic mass is 10.3. The third kappa shape index (κ3) is 2.78. The van der Waals surface area contributed by atoms with Crippen molar-refractivity contribution in [1.82, 2.24) is 9.78 Å². The number of aryl methyl sites for hydroxylation is 1. The Morgan fingerprint density at radius 2 is 2.00 bits per heavy atom. The topological polar surface area (TPSA) is 46.9 Å². The minimum absolute atomic E-state index is 0.338. The highest BCUT2D eigenvalue weighted by Crippen LogP contribution is 2.30. The van der Waals surface area contributed by atoms with Crippen LogP contribution < -0.4 is 5.32 Å². The molecule has 0 atom stereocenters. The van der Waals surface area contributed by atoms with Crippen molar-refractivity contribution in [3.05, 3.63) is 43.7 Å². The largest absolute Gasteiger partial charge is 0.318 e. The molecule has 0 fully saturated rings. The lowest BCUT2D eigenvalue weighted by molar-refractivity contribution is 0.102. The number of rotatable bonds is 2. The molecule has 0 bridgehead atoms. The maximum atomic E-state index is 12.0. The molecule has 94 valence electrons. The Bertz CT molecular complexity index is 592. The first-order valence-corrected chi connectivity index (χ1v) is 6.77. The van der Waals surface area contributed by atoms with Crippen molar-refractivity contribution in [2.45, 2.75) is 0 Å². The SMILES string of the molecule is Cn1cc(I)c(C(=O)Nc2c(Cl)cccc2Cl)n1. The number of amides is 1. The highest BCUT2D eigenvalue weighted by Gasteiger charge is 2.16. The quantitative estimate of drug-likeness (QED) is 0.790. The van der Waals surface area contributed by atoms with E-state index in [0.717, 1.165) is 3.57 Å². The minimum Gasteiger partial charge on any atom is -0.318 e. The standard InChI is InChI=1S/C11H8Cl2IN3O/c1-17-5-8(14)10(16-17)11(18)15-9-6(12)3-2-4-7(9)13/h2-5H,1H3,(H,15,18). The van der Waals surface area contributed by atoms with E-state index in [2.05, 4.69) is 10.4 Å². The molecule has 4 nitrogen and oxygen atoms in total. The van der Waals surface area contributed by atoms with Crippen LogP contribution in [0.4, 0.5) is 5.69 Å². The van der Waals surface area contributed by atoms with E-state index in [1.165, 1.54) is 0 Å². The molecule has 0 unspecified atom stereocenters. The smallest absolute Gasteiger partial charge is 0.277 e. The van der Waals surface area contributed by atoms with E-state index in [-0.39, 0.29) is 5.91 Å². The fourth-order valence-electron chi connectivity index (χ4n) is 1.40. The van der Waals surface area contributed by atoms with Crippen LogP contribution in [0, 0.1) is 3.57 Å². The Morgan fingerprint density at radius 3 is 2.50 bits per heavy atom. The summed E-state index contributed by atoms with van der Waals surface area (Å²) in [7, 11) is 1.75. The van der Waals surface area contributed by atoms with Gasteiger partial charge >= 0.3 is 0 Å². The van der Waals surface area contributed by atoms with Gasteiger partial charge in [0.1, 0.15) is 0 Å². The summed E-state index contributed by atoms with van der Waals surface area (Å²) in [6.45, 7) is 0. The molecule has 0 aliphatic rings. The Morgan fingerprint density at radius 1 is 1.39 bits per heavy atom. The lowest BCUT2D eigenvalue weighted by Gasteiger charge is -2.07. The van der Waals surface area contributed by atoms with Crippen LogP contribution in [0.3, 0.4) is 0 Å². The van der Waals surface area contributed by atoms with Crippen LogP contribution in [-0.4, -0.2) is 15.7 Å². The van der Waals surface area contributed by atoms with Gasteiger partial charge in [-0.3, -0.25) is 9.48 Å². The first-order chi connectivity index (χ1) is 8.49. The van der Waals surface area contributed by atoms with Gasteiger partial charge in [-0.15, -0.1) is 0 Å². The molecule has 2 rings (SSSR count). The molecule has 0 aliphatic heterocycles. The molecule has 1 heterocycles. The second kappa shape index (κ2) is 5.46. The van der Waals surface area contributed by atoms with Crippen LogP contribution >= 0.6 is 45.8 Å². The van der Waals surface area contributed by atoms with Gasteiger partial charge in [0.15, 0.2) is 5.69 Å². The second-order valence-corrected chi connectivity index (χ2v) is 5.53. The normalized spacial score (nSPS) is 10.4. The molecule has 1 N–H and O–H groups in total. The number of aromatic nitrogens is 2. The number of para-hydroxylation sites is 1. The number of carbonyl (C=O) groups is 1. The van der Waals surface area contributed by atoms with E-state index in [1.54, 1.807) is 36.1 Å². The third-order valence-electron chi connectivity index (χ3n) is 2.20. The molecular weight excluding hydrogens is 388 g/mol. The Balaban J connectivity index is 2.30. The van der Waals surface area contributed by atoms with Crippen molar-refractivity contribution in [2.24, 2.45) is 7.05 Å². The zero-order valence-corrected chi connectivity index (χ0v) is 12.9. The van der Waals surface area contributed by atoms with E-state index in [1.807, 2.05) is 22.6 Å². The van der Waals surface area contributed by atoms with Gasteiger partial charge in [-0.25, -0.2) is 0 Å². The number of nitrogens with zero attached hydrogens (tertiary/aromatic N) is 2. The van der Waals surface area contributed by atoms with E-state index in [4.69, 9.17) is 23.2 Å². The summed E-state index contributed by atoms with van der Waals surface area (Å²) >= 11 is 14.0. The van der Waals surface area contributed by atoms with Crippen molar-refractivity contribution in [3.63, 3.8) is 0 Å². The number of anilines is 1. The number of halogens is 3. The molecule has 0 saturated carbocycles. The molecule has 1 aromatic carbocycles. The fraction of sp³-hybridized carbons (Fsp3) is 0.0909. The van der Waals surface area contributed by atoms with Crippen molar-refractivity contribution < 1.29 is 4.79 Å². The van der Waals surface area contributed by atoms with Gasteiger partial charge in [0, 0.05) is 13.2 Å². The molecule has 18 heavy (non-hydrogen) atoms. The van der Waals surface area contributed by atoms with Gasteiger partial charge in [-0.05, 0) is 34.7 Å². The summed E-state index contributed by atoms with van der Waals surface area (Å²) in [4.78, 5) is 12.0. The van der Waals surface area contributed by atoms with E-state index >= 15 is 0 Å². The first kappa shape index (κ1) is 13.6. The number of benzene rings is 1. The molecule has 1 aromatic heterocycles. The zero-order chi connectivity index (χ0) is 13.3. The Labute approximate surface area is 127 Å². The molecule has 0 radical (unpaired) electrons. The van der Waals surface area contributed by atoms with Gasteiger partial charge in [0.2, 0.25) is 0 Å². The number of carbonyl (C=O) groups excluding carboxylic acids is 1. The van der Waals surface area contributed by atoms with E-state index < -0.39 is 0 Å². The third-order valence-corrected chi connectivity index (χ3v) is 3.62. The summed E-state index contributed by atoms with van der Waals surface area (Å²) in [6.07, 6.45) is 1.75. The Hall–Kier alpha value is -0.790. The molecule has 7 heteroatoms. The minimum atomic E-state index is -0.338. The summed E-state index contributed by atoms with van der Waals surface area (Å²) in [5.74, 6) is -0.338. The van der Waals surface area contributed by atoms with Crippen molar-refractivity contribution in [1.29, 1.82) is 0 Å². The first-order valence-electron chi connectivity index (χ1n) is 4.93. The van der Waals surface area contributed by atoms with Crippen molar-refractivity contribution >= 4 is 57.4 Å². The van der Waals surface area contributed by atoms with Crippen LogP contribution in [0.5, 0.6) is 0 Å². The van der Waals surface area contributed by atoms with Gasteiger partial charge < -0.3 is 5.32 Å². The van der Waals surface area contributed by atoms with E-state index in [9.17, 15) is 4.79 Å². The monoisotopic (exact) mass is 395 g/mol. The number of nitrogens with one attached hydrogen (secondary N) is 1. The highest BCUT2D eigenvalue weighted by molar-refractivity contribution is 14.1. The van der Waals surface area contributed by atoms with Gasteiger partial charge in [-0.2, -0.15) is 5.10 Å². The zero-order valence-electron chi connectivity index (χ0n) is 9.25. The van der Waals surface area contributed by atoms with Crippen LogP contribution in [0.15, 0.2) is 24.4 Å². The number of hydrogen-bond acceptors (Lipinski definition) is 2. The maximum Gasteiger partial charge on any atom is 0.277 e. The summed E-state index contributed by atoms with van der Waals surface area (Å²) in [5.41, 5.74) is 0.737. The van der Waals surface area contributed by atoms with Crippen LogP contribution in [0.2, 0.25) is 10.0 Å². The summed E-state index contributed by atoms with van der Waals surface area (Å²) < 4.78 is 2.33. The fourth-order valence-corrected chi connectivity index (χ4v) is 2.65. The second-order valence-electron chi connectivity index (χ2n) is 3.55. The predicted molar refractivity (Wildman–Crippen MR) is 80.3 cm³/mol. The lowest BCUT2D eigenvalue weighted by Crippen LogP contribution is -2.14. The molecule has 1 amide bonds. The van der Waals surface area contributed by atoms with Crippen LogP contribution in [0.1, 0.15) is 10.5 Å². The maximum absolute atomic E-state index is 12.0. The summed E-state index contributed by atoms with van der Waals surface area (Å²) in [5, 5.41) is 7.52. The molecule has 0 spiro atoms.